The smallest absolute Gasteiger partial charge is 0.127 e. The molecule has 0 fully saturated rings. The van der Waals surface area contributed by atoms with Crippen molar-refractivity contribution >= 4 is 10.9 Å². The van der Waals surface area contributed by atoms with E-state index >= 15 is 0 Å². The Labute approximate surface area is 98.1 Å². The van der Waals surface area contributed by atoms with Crippen molar-refractivity contribution in [3.63, 3.8) is 0 Å². The molecule has 0 aliphatic carbocycles. The van der Waals surface area contributed by atoms with Crippen molar-refractivity contribution in [1.82, 2.24) is 10.2 Å². The fourth-order valence-electron chi connectivity index (χ4n) is 2.03. The van der Waals surface area contributed by atoms with E-state index < -0.39 is 0 Å². The zero-order chi connectivity index (χ0) is 11.7. The molecule has 0 radical (unpaired) electrons. The minimum Gasteiger partial charge on any atom is -0.278 e. The lowest BCUT2D eigenvalue weighted by Gasteiger charge is -2.04. The summed E-state index contributed by atoms with van der Waals surface area (Å²) >= 11 is 0. The molecule has 0 spiro atoms. The molecule has 17 heavy (non-hydrogen) atoms. The van der Waals surface area contributed by atoms with Crippen LogP contribution in [0.4, 0.5) is 4.39 Å². The number of H-pyrrole nitrogens is 1. The number of hydrogen-bond donors (Lipinski definition) is 1. The van der Waals surface area contributed by atoms with Crippen molar-refractivity contribution in [2.24, 2.45) is 0 Å². The second kappa shape index (κ2) is 4.01. The van der Waals surface area contributed by atoms with Gasteiger partial charge in [0, 0.05) is 17.4 Å². The van der Waals surface area contributed by atoms with Crippen molar-refractivity contribution < 1.29 is 4.39 Å². The van der Waals surface area contributed by atoms with Gasteiger partial charge in [-0.1, -0.05) is 30.3 Å². The summed E-state index contributed by atoms with van der Waals surface area (Å²) in [6, 6.07) is 13.1. The maximum atomic E-state index is 13.8. The average molecular weight is 226 g/mol. The topological polar surface area (TPSA) is 28.7 Å². The molecule has 0 aliphatic rings. The Bertz CT molecular complexity index is 644. The molecule has 84 valence electrons. The highest BCUT2D eigenvalue weighted by Gasteiger charge is 2.09. The van der Waals surface area contributed by atoms with Crippen molar-refractivity contribution in [1.29, 1.82) is 0 Å². The summed E-state index contributed by atoms with van der Waals surface area (Å²) in [7, 11) is 0. The van der Waals surface area contributed by atoms with Gasteiger partial charge in [0.1, 0.15) is 5.82 Å². The van der Waals surface area contributed by atoms with Crippen LogP contribution in [0.25, 0.3) is 10.9 Å². The number of rotatable bonds is 2. The number of aromatic amines is 1. The average Bonchev–Trinajstić information content (AvgIpc) is 2.83. The lowest BCUT2D eigenvalue weighted by atomic mass is 10.0. The van der Waals surface area contributed by atoms with Crippen LogP contribution in [0.5, 0.6) is 0 Å². The van der Waals surface area contributed by atoms with Crippen LogP contribution in [0.15, 0.2) is 48.7 Å². The fourth-order valence-corrected chi connectivity index (χ4v) is 2.03. The standard InChI is InChI=1S/C14H11FN2/c15-13-6-7-14-12(9-16-17-14)11(13)8-10-4-2-1-3-5-10/h1-7,9H,8H2,(H,16,17). The molecule has 2 nitrogen and oxygen atoms in total. The molecule has 0 amide bonds. The summed E-state index contributed by atoms with van der Waals surface area (Å²) < 4.78 is 13.8. The van der Waals surface area contributed by atoms with Gasteiger partial charge in [0.15, 0.2) is 0 Å². The quantitative estimate of drug-likeness (QED) is 0.713. The molecule has 0 bridgehead atoms. The van der Waals surface area contributed by atoms with Crippen molar-refractivity contribution in [2.75, 3.05) is 0 Å². The molecule has 1 aromatic heterocycles. The van der Waals surface area contributed by atoms with Crippen molar-refractivity contribution in [3.05, 3.63) is 65.6 Å². The zero-order valence-corrected chi connectivity index (χ0v) is 9.15. The Balaban J connectivity index is 2.10. The van der Waals surface area contributed by atoms with Crippen molar-refractivity contribution in [2.45, 2.75) is 6.42 Å². The summed E-state index contributed by atoms with van der Waals surface area (Å²) in [4.78, 5) is 0. The van der Waals surface area contributed by atoms with E-state index in [1.165, 1.54) is 6.07 Å². The van der Waals surface area contributed by atoms with E-state index in [2.05, 4.69) is 10.2 Å². The van der Waals surface area contributed by atoms with E-state index in [9.17, 15) is 4.39 Å². The first-order valence-corrected chi connectivity index (χ1v) is 5.49. The lowest BCUT2D eigenvalue weighted by Crippen LogP contribution is -1.93. The van der Waals surface area contributed by atoms with Gasteiger partial charge in [-0.2, -0.15) is 5.10 Å². The van der Waals surface area contributed by atoms with Gasteiger partial charge in [-0.05, 0) is 17.7 Å². The summed E-state index contributed by atoms with van der Waals surface area (Å²) in [6.07, 6.45) is 2.26. The SMILES string of the molecule is Fc1ccc2[nH]ncc2c1Cc1ccccc1. The van der Waals surface area contributed by atoms with Gasteiger partial charge >= 0.3 is 0 Å². The van der Waals surface area contributed by atoms with Crippen LogP contribution >= 0.6 is 0 Å². The Kier molecular flexibility index (Phi) is 2.37. The van der Waals surface area contributed by atoms with E-state index in [1.807, 2.05) is 30.3 Å². The minimum atomic E-state index is -0.178. The van der Waals surface area contributed by atoms with Crippen molar-refractivity contribution in [3.8, 4) is 0 Å². The highest BCUT2D eigenvalue weighted by atomic mass is 19.1. The van der Waals surface area contributed by atoms with E-state index in [4.69, 9.17) is 0 Å². The molecule has 2 aromatic carbocycles. The van der Waals surface area contributed by atoms with Crippen LogP contribution in [0.2, 0.25) is 0 Å². The molecular weight excluding hydrogens is 215 g/mol. The van der Waals surface area contributed by atoms with E-state index in [0.717, 1.165) is 16.5 Å². The summed E-state index contributed by atoms with van der Waals surface area (Å²) in [5, 5.41) is 7.66. The van der Waals surface area contributed by atoms with Crippen LogP contribution in [0, 0.1) is 5.82 Å². The molecule has 0 aliphatic heterocycles. The maximum absolute atomic E-state index is 13.8. The number of nitrogens with zero attached hydrogens (tertiary/aromatic N) is 1. The van der Waals surface area contributed by atoms with Gasteiger partial charge in [0.25, 0.3) is 0 Å². The third-order valence-corrected chi connectivity index (χ3v) is 2.90. The highest BCUT2D eigenvalue weighted by Crippen LogP contribution is 2.22. The molecule has 3 aromatic rings. The Hall–Kier alpha value is -2.16. The number of halogens is 1. The summed E-state index contributed by atoms with van der Waals surface area (Å²) in [5.41, 5.74) is 2.67. The first-order valence-electron chi connectivity index (χ1n) is 5.49. The van der Waals surface area contributed by atoms with E-state index in [-0.39, 0.29) is 5.82 Å². The van der Waals surface area contributed by atoms with Gasteiger partial charge in [0.05, 0.1) is 11.7 Å². The molecule has 0 atom stereocenters. The third kappa shape index (κ3) is 1.80. The Morgan fingerprint density at radius 3 is 2.71 bits per heavy atom. The normalized spacial score (nSPS) is 10.9. The Morgan fingerprint density at radius 1 is 1.06 bits per heavy atom. The molecule has 0 unspecified atom stereocenters. The monoisotopic (exact) mass is 226 g/mol. The summed E-state index contributed by atoms with van der Waals surface area (Å²) in [6.45, 7) is 0. The number of benzene rings is 2. The van der Waals surface area contributed by atoms with E-state index in [1.54, 1.807) is 12.3 Å². The minimum absolute atomic E-state index is 0.178. The van der Waals surface area contributed by atoms with Gasteiger partial charge in [-0.25, -0.2) is 4.39 Å². The van der Waals surface area contributed by atoms with Gasteiger partial charge in [-0.15, -0.1) is 0 Å². The number of nitrogens with one attached hydrogen (secondary N) is 1. The summed E-state index contributed by atoms with van der Waals surface area (Å²) in [5.74, 6) is -0.178. The number of hydrogen-bond acceptors (Lipinski definition) is 1. The highest BCUT2D eigenvalue weighted by molar-refractivity contribution is 5.82. The Morgan fingerprint density at radius 2 is 1.88 bits per heavy atom. The molecule has 3 heteroatoms. The molecule has 1 heterocycles. The molecule has 0 saturated heterocycles. The predicted octanol–water partition coefficient (Wildman–Crippen LogP) is 3.29. The number of fused-ring (bicyclic) bond motifs is 1. The fraction of sp³-hybridized carbons (Fsp3) is 0.0714. The lowest BCUT2D eigenvalue weighted by molar-refractivity contribution is 0.616. The maximum Gasteiger partial charge on any atom is 0.127 e. The second-order valence-corrected chi connectivity index (χ2v) is 4.02. The molecular formula is C14H11FN2. The largest absolute Gasteiger partial charge is 0.278 e. The number of aromatic nitrogens is 2. The van der Waals surface area contributed by atoms with Gasteiger partial charge in [-0.3, -0.25) is 5.10 Å². The van der Waals surface area contributed by atoms with Gasteiger partial charge < -0.3 is 0 Å². The van der Waals surface area contributed by atoms with Crippen LogP contribution < -0.4 is 0 Å². The first-order chi connectivity index (χ1) is 8.34. The van der Waals surface area contributed by atoms with Crippen LogP contribution in [0.1, 0.15) is 11.1 Å². The van der Waals surface area contributed by atoms with E-state index in [0.29, 0.717) is 12.0 Å². The zero-order valence-electron chi connectivity index (χ0n) is 9.15. The third-order valence-electron chi connectivity index (χ3n) is 2.90. The van der Waals surface area contributed by atoms with Gasteiger partial charge in [0.2, 0.25) is 0 Å². The molecule has 0 saturated carbocycles. The first kappa shape index (κ1) is 10.0. The predicted molar refractivity (Wildman–Crippen MR) is 65.3 cm³/mol. The molecule has 3 rings (SSSR count). The van der Waals surface area contributed by atoms with Crippen LogP contribution in [-0.2, 0) is 6.42 Å². The van der Waals surface area contributed by atoms with Crippen LogP contribution in [0.3, 0.4) is 0 Å². The molecule has 1 N–H and O–H groups in total. The van der Waals surface area contributed by atoms with Crippen LogP contribution in [-0.4, -0.2) is 10.2 Å². The second-order valence-electron chi connectivity index (χ2n) is 4.02.